The molecule has 1 heterocycles. The Morgan fingerprint density at radius 3 is 2.52 bits per heavy atom. The molecule has 0 aliphatic carbocycles. The maximum atomic E-state index is 12.4. The number of hydrogen-bond donors (Lipinski definition) is 2. The number of esters is 1. The first-order valence-electron chi connectivity index (χ1n) is 7.83. The van der Waals surface area contributed by atoms with Crippen LogP contribution in [-0.4, -0.2) is 32.1 Å². The van der Waals surface area contributed by atoms with Gasteiger partial charge in [-0.1, -0.05) is 30.3 Å². The van der Waals surface area contributed by atoms with Crippen LogP contribution in [0.1, 0.15) is 37.3 Å². The van der Waals surface area contributed by atoms with E-state index in [1.807, 2.05) is 30.3 Å². The van der Waals surface area contributed by atoms with E-state index in [0.717, 1.165) is 31.5 Å². The monoisotopic (exact) mass is 340 g/mol. The van der Waals surface area contributed by atoms with E-state index >= 15 is 0 Å². The van der Waals surface area contributed by atoms with Gasteiger partial charge in [0, 0.05) is 12.3 Å². The third-order valence-corrected chi connectivity index (χ3v) is 4.09. The van der Waals surface area contributed by atoms with Crippen molar-refractivity contribution in [2.24, 2.45) is 5.92 Å². The zero-order valence-corrected chi connectivity index (χ0v) is 14.2. The molecule has 1 aromatic rings. The van der Waals surface area contributed by atoms with Gasteiger partial charge in [-0.05, 0) is 37.9 Å². The van der Waals surface area contributed by atoms with Crippen molar-refractivity contribution >= 4 is 24.3 Å². The highest BCUT2D eigenvalue weighted by Crippen LogP contribution is 2.21. The number of piperidine rings is 1. The molecule has 5 nitrogen and oxygen atoms in total. The van der Waals surface area contributed by atoms with E-state index in [-0.39, 0.29) is 36.2 Å². The maximum Gasteiger partial charge on any atom is 0.305 e. The Bertz CT molecular complexity index is 490. The molecule has 1 aliphatic heterocycles. The molecular formula is C17H25ClN2O3. The molecule has 1 aliphatic rings. The minimum Gasteiger partial charge on any atom is -0.469 e. The summed E-state index contributed by atoms with van der Waals surface area (Å²) in [5.41, 5.74) is 1.02. The lowest BCUT2D eigenvalue weighted by Gasteiger charge is -2.25. The molecule has 128 valence electrons. The average Bonchev–Trinajstić information content (AvgIpc) is 2.59. The van der Waals surface area contributed by atoms with Crippen molar-refractivity contribution in [3.05, 3.63) is 35.9 Å². The molecule has 2 N–H and O–H groups in total. The van der Waals surface area contributed by atoms with Gasteiger partial charge in [0.2, 0.25) is 5.91 Å². The second kappa shape index (κ2) is 10.2. The number of hydrogen-bond acceptors (Lipinski definition) is 4. The summed E-state index contributed by atoms with van der Waals surface area (Å²) in [5, 5.41) is 6.37. The molecule has 1 aromatic carbocycles. The fraction of sp³-hybridized carbons (Fsp3) is 0.529. The smallest absolute Gasteiger partial charge is 0.305 e. The van der Waals surface area contributed by atoms with E-state index < -0.39 is 0 Å². The van der Waals surface area contributed by atoms with E-state index in [2.05, 4.69) is 10.6 Å². The van der Waals surface area contributed by atoms with E-state index in [9.17, 15) is 9.59 Å². The fourth-order valence-corrected chi connectivity index (χ4v) is 2.75. The molecule has 0 bridgehead atoms. The van der Waals surface area contributed by atoms with Gasteiger partial charge in [-0.25, -0.2) is 0 Å². The van der Waals surface area contributed by atoms with E-state index in [1.54, 1.807) is 0 Å². The quantitative estimate of drug-likeness (QED) is 0.779. The van der Waals surface area contributed by atoms with Gasteiger partial charge in [-0.15, -0.1) is 12.4 Å². The van der Waals surface area contributed by atoms with Crippen LogP contribution in [0.15, 0.2) is 30.3 Å². The molecule has 0 radical (unpaired) electrons. The van der Waals surface area contributed by atoms with Gasteiger partial charge in [0.25, 0.3) is 0 Å². The van der Waals surface area contributed by atoms with Crippen molar-refractivity contribution in [2.75, 3.05) is 20.2 Å². The Morgan fingerprint density at radius 2 is 1.91 bits per heavy atom. The predicted octanol–water partition coefficient (Wildman–Crippen LogP) is 2.22. The van der Waals surface area contributed by atoms with Crippen LogP contribution in [0.2, 0.25) is 0 Å². The van der Waals surface area contributed by atoms with Gasteiger partial charge in [0.15, 0.2) is 0 Å². The van der Waals surface area contributed by atoms with Gasteiger partial charge in [-0.3, -0.25) is 9.59 Å². The minimum absolute atomic E-state index is 0. The van der Waals surface area contributed by atoms with Crippen molar-refractivity contribution in [2.45, 2.75) is 31.7 Å². The second-order valence-corrected chi connectivity index (χ2v) is 5.61. The summed E-state index contributed by atoms with van der Waals surface area (Å²) in [7, 11) is 1.38. The first kappa shape index (κ1) is 19.5. The second-order valence-electron chi connectivity index (χ2n) is 5.61. The number of benzene rings is 1. The van der Waals surface area contributed by atoms with Crippen LogP contribution in [0, 0.1) is 5.92 Å². The van der Waals surface area contributed by atoms with Crippen LogP contribution in [0.4, 0.5) is 0 Å². The molecule has 1 atom stereocenters. The number of carbonyl (C=O) groups is 2. The van der Waals surface area contributed by atoms with Crippen LogP contribution in [0.5, 0.6) is 0 Å². The number of ether oxygens (including phenoxy) is 1. The summed E-state index contributed by atoms with van der Waals surface area (Å²) >= 11 is 0. The average molecular weight is 341 g/mol. The maximum absolute atomic E-state index is 12.4. The third kappa shape index (κ3) is 6.20. The Morgan fingerprint density at radius 1 is 1.26 bits per heavy atom. The van der Waals surface area contributed by atoms with Gasteiger partial charge in [0.05, 0.1) is 13.2 Å². The Hall–Kier alpha value is -1.59. The molecule has 0 spiro atoms. The number of rotatable bonds is 6. The van der Waals surface area contributed by atoms with Crippen molar-refractivity contribution in [1.82, 2.24) is 10.6 Å². The van der Waals surface area contributed by atoms with Gasteiger partial charge in [-0.2, -0.15) is 0 Å². The van der Waals surface area contributed by atoms with Crippen LogP contribution in [0.25, 0.3) is 0 Å². The minimum atomic E-state index is -0.253. The Balaban J connectivity index is 0.00000264. The number of nitrogens with one attached hydrogen (secondary N) is 2. The molecule has 0 aromatic heterocycles. The fourth-order valence-electron chi connectivity index (χ4n) is 2.75. The molecule has 1 fully saturated rings. The molecule has 6 heteroatoms. The number of methoxy groups -OCH3 is 1. The lowest BCUT2D eigenvalue weighted by molar-refractivity contribution is -0.141. The van der Waals surface area contributed by atoms with Crippen LogP contribution in [0.3, 0.4) is 0 Å². The highest BCUT2D eigenvalue weighted by Gasteiger charge is 2.24. The zero-order valence-electron chi connectivity index (χ0n) is 13.4. The number of amides is 1. The molecule has 1 amide bonds. The van der Waals surface area contributed by atoms with Gasteiger partial charge in [0.1, 0.15) is 0 Å². The molecule has 23 heavy (non-hydrogen) atoms. The summed E-state index contributed by atoms with van der Waals surface area (Å²) in [6.07, 6.45) is 2.57. The summed E-state index contributed by atoms with van der Waals surface area (Å²) < 4.78 is 4.70. The van der Waals surface area contributed by atoms with Crippen molar-refractivity contribution < 1.29 is 14.3 Å². The van der Waals surface area contributed by atoms with Crippen LogP contribution in [-0.2, 0) is 14.3 Å². The summed E-state index contributed by atoms with van der Waals surface area (Å²) in [5.74, 6) is -0.108. The first-order chi connectivity index (χ1) is 10.7. The van der Waals surface area contributed by atoms with E-state index in [0.29, 0.717) is 12.8 Å². The third-order valence-electron chi connectivity index (χ3n) is 4.09. The molecule has 2 rings (SSSR count). The largest absolute Gasteiger partial charge is 0.469 e. The summed E-state index contributed by atoms with van der Waals surface area (Å²) in [4.78, 5) is 23.8. The number of halogens is 1. The number of carbonyl (C=O) groups excluding carboxylic acids is 2. The highest BCUT2D eigenvalue weighted by molar-refractivity contribution is 5.85. The van der Waals surface area contributed by atoms with Crippen molar-refractivity contribution in [3.8, 4) is 0 Å². The first-order valence-corrected chi connectivity index (χ1v) is 7.83. The topological polar surface area (TPSA) is 67.4 Å². The van der Waals surface area contributed by atoms with Crippen LogP contribution >= 0.6 is 12.4 Å². The van der Waals surface area contributed by atoms with Gasteiger partial charge < -0.3 is 15.4 Å². The molecule has 1 saturated heterocycles. The van der Waals surface area contributed by atoms with Crippen molar-refractivity contribution in [1.29, 1.82) is 0 Å². The molecular weight excluding hydrogens is 316 g/mol. The molecule has 0 saturated carbocycles. The summed E-state index contributed by atoms with van der Waals surface area (Å²) in [6, 6.07) is 9.63. The van der Waals surface area contributed by atoms with E-state index in [4.69, 9.17) is 4.74 Å². The highest BCUT2D eigenvalue weighted by atomic mass is 35.5. The Kier molecular flexibility index (Phi) is 8.66. The van der Waals surface area contributed by atoms with Crippen LogP contribution < -0.4 is 10.6 Å². The lowest BCUT2D eigenvalue weighted by Crippen LogP contribution is -2.39. The summed E-state index contributed by atoms with van der Waals surface area (Å²) in [6.45, 7) is 1.77. The SMILES string of the molecule is COC(=O)CCC(NC(=O)C1CCNCC1)c1ccccc1.Cl. The Labute approximate surface area is 143 Å². The standard InChI is InChI=1S/C17H24N2O3.ClH/c1-22-16(20)8-7-15(13-5-3-2-4-6-13)19-17(21)14-9-11-18-12-10-14;/h2-6,14-15,18H,7-12H2,1H3,(H,19,21);1H. The predicted molar refractivity (Wildman–Crippen MR) is 91.4 cm³/mol. The van der Waals surface area contributed by atoms with E-state index in [1.165, 1.54) is 7.11 Å². The van der Waals surface area contributed by atoms with Crippen molar-refractivity contribution in [3.63, 3.8) is 0 Å². The normalized spacial score (nSPS) is 16.0. The zero-order chi connectivity index (χ0) is 15.8. The van der Waals surface area contributed by atoms with Gasteiger partial charge >= 0.3 is 5.97 Å². The molecule has 1 unspecified atom stereocenters. The lowest BCUT2D eigenvalue weighted by atomic mass is 9.95.